The number of aromatic nitrogens is 2. The maximum atomic E-state index is 13.0. The van der Waals surface area contributed by atoms with Crippen LogP contribution < -0.4 is 0 Å². The average molecular weight is 359 g/mol. The van der Waals surface area contributed by atoms with E-state index in [1.165, 1.54) is 16.9 Å². The molecule has 1 aromatic heterocycles. The van der Waals surface area contributed by atoms with Crippen molar-refractivity contribution in [3.63, 3.8) is 0 Å². The number of amidine groups is 1. The third kappa shape index (κ3) is 2.74. The zero-order valence-electron chi connectivity index (χ0n) is 15.5. The standard InChI is InChI=1S/C17H23N6O3/c1-6-7-21-13-14(18-16(21)23-12(3)10-11(2)19-23)20(4)17(25)22(15(13)24)8-9-26-5/h6,10,13H,1,7-9H2,2-5H3/q+1. The monoisotopic (exact) mass is 359 g/mol. The minimum atomic E-state index is -0.688. The molecule has 0 aliphatic carbocycles. The summed E-state index contributed by atoms with van der Waals surface area (Å²) in [5.41, 5.74) is 1.74. The minimum absolute atomic E-state index is 0.194. The van der Waals surface area contributed by atoms with E-state index in [1.807, 2.05) is 24.5 Å². The summed E-state index contributed by atoms with van der Waals surface area (Å²) < 4.78 is 8.53. The van der Waals surface area contributed by atoms with Gasteiger partial charge in [0.2, 0.25) is 11.9 Å². The molecule has 0 aromatic carbocycles. The average Bonchev–Trinajstić information content (AvgIpc) is 3.13. The van der Waals surface area contributed by atoms with Gasteiger partial charge in [0, 0.05) is 14.2 Å². The van der Waals surface area contributed by atoms with Gasteiger partial charge in [-0.05, 0) is 19.9 Å². The molecule has 138 valence electrons. The highest BCUT2D eigenvalue weighted by Gasteiger charge is 2.52. The number of ether oxygens (including phenoxy) is 1. The molecular weight excluding hydrogens is 336 g/mol. The highest BCUT2D eigenvalue weighted by atomic mass is 16.5. The lowest BCUT2D eigenvalue weighted by molar-refractivity contribution is -0.527. The Morgan fingerprint density at radius 1 is 1.38 bits per heavy atom. The number of urea groups is 1. The van der Waals surface area contributed by atoms with Gasteiger partial charge in [0.25, 0.3) is 5.91 Å². The van der Waals surface area contributed by atoms with Crippen LogP contribution in [0.5, 0.6) is 0 Å². The first kappa shape index (κ1) is 18.0. The summed E-state index contributed by atoms with van der Waals surface area (Å²) in [6.07, 6.45) is 1.70. The van der Waals surface area contributed by atoms with Gasteiger partial charge in [-0.25, -0.2) is 9.37 Å². The van der Waals surface area contributed by atoms with Crippen LogP contribution in [0.25, 0.3) is 0 Å². The fourth-order valence-corrected chi connectivity index (χ4v) is 3.22. The molecule has 1 fully saturated rings. The summed E-state index contributed by atoms with van der Waals surface area (Å²) in [5, 5.41) is 4.47. The van der Waals surface area contributed by atoms with Crippen molar-refractivity contribution in [1.82, 2.24) is 19.6 Å². The van der Waals surface area contributed by atoms with Gasteiger partial charge >= 0.3 is 12.0 Å². The Balaban J connectivity index is 2.10. The number of fused-ring (bicyclic) bond motifs is 1. The number of carbonyl (C=O) groups excluding carboxylic acids is 2. The van der Waals surface area contributed by atoms with Crippen LogP contribution in [0, 0.1) is 13.8 Å². The summed E-state index contributed by atoms with van der Waals surface area (Å²) in [6, 6.07) is 0.838. The Bertz CT molecular complexity index is 838. The van der Waals surface area contributed by atoms with Gasteiger partial charge in [0.15, 0.2) is 0 Å². The van der Waals surface area contributed by atoms with Crippen molar-refractivity contribution in [2.75, 3.05) is 33.9 Å². The van der Waals surface area contributed by atoms with Crippen LogP contribution in [0.1, 0.15) is 11.4 Å². The zero-order valence-corrected chi connectivity index (χ0v) is 15.5. The lowest BCUT2D eigenvalue weighted by Crippen LogP contribution is -2.63. The molecular formula is C17H23N6O3+. The van der Waals surface area contributed by atoms with E-state index in [-0.39, 0.29) is 19.1 Å². The number of aliphatic imine (C=N–C) groups is 1. The molecule has 26 heavy (non-hydrogen) atoms. The number of imide groups is 1. The number of nitrogens with zero attached hydrogens (tertiary/aromatic N) is 6. The van der Waals surface area contributed by atoms with Crippen LogP contribution in [-0.4, -0.2) is 87.8 Å². The number of carbonyl (C=O) groups is 2. The van der Waals surface area contributed by atoms with Crippen LogP contribution in [0.15, 0.2) is 23.7 Å². The molecule has 0 radical (unpaired) electrons. The Kier molecular flexibility index (Phi) is 4.73. The molecule has 3 heterocycles. The number of likely N-dealkylation sites (N-methyl/N-ethyl adjacent to an activating group) is 1. The molecule has 0 saturated carbocycles. The number of hydrogen-bond acceptors (Lipinski definition) is 5. The first-order valence-electron chi connectivity index (χ1n) is 8.35. The zero-order chi connectivity index (χ0) is 19.0. The SMILES string of the molecule is C=CC[N+]1=C(n2nc(C)cc2C)N=C2C1C(=O)N(CCOC)C(=O)N2C. The molecule has 1 atom stereocenters. The summed E-state index contributed by atoms with van der Waals surface area (Å²) >= 11 is 0. The second-order valence-corrected chi connectivity index (χ2v) is 6.28. The van der Waals surface area contributed by atoms with E-state index in [0.29, 0.717) is 18.3 Å². The molecule has 3 amide bonds. The van der Waals surface area contributed by atoms with E-state index in [1.54, 1.807) is 17.8 Å². The van der Waals surface area contributed by atoms with Crippen molar-refractivity contribution < 1.29 is 18.9 Å². The minimum Gasteiger partial charge on any atom is -0.383 e. The summed E-state index contributed by atoms with van der Waals surface area (Å²) in [7, 11) is 3.15. The molecule has 0 N–H and O–H groups in total. The van der Waals surface area contributed by atoms with Crippen molar-refractivity contribution in [3.8, 4) is 0 Å². The van der Waals surface area contributed by atoms with E-state index in [0.717, 1.165) is 11.4 Å². The van der Waals surface area contributed by atoms with Crippen molar-refractivity contribution in [1.29, 1.82) is 0 Å². The summed E-state index contributed by atoms with van der Waals surface area (Å²) in [6.45, 7) is 8.47. The lowest BCUT2D eigenvalue weighted by atomic mass is 10.1. The second-order valence-electron chi connectivity index (χ2n) is 6.28. The van der Waals surface area contributed by atoms with E-state index in [4.69, 9.17) is 4.74 Å². The Morgan fingerprint density at radius 3 is 2.69 bits per heavy atom. The third-order valence-electron chi connectivity index (χ3n) is 4.43. The smallest absolute Gasteiger partial charge is 0.383 e. The second kappa shape index (κ2) is 6.83. The molecule has 1 aromatic rings. The fourth-order valence-electron chi connectivity index (χ4n) is 3.22. The predicted molar refractivity (Wildman–Crippen MR) is 95.4 cm³/mol. The van der Waals surface area contributed by atoms with Crippen LogP contribution in [-0.2, 0) is 9.53 Å². The fraction of sp³-hybridized carbons (Fsp3) is 0.471. The van der Waals surface area contributed by atoms with E-state index < -0.39 is 12.1 Å². The maximum absolute atomic E-state index is 13.0. The van der Waals surface area contributed by atoms with E-state index in [2.05, 4.69) is 16.7 Å². The highest BCUT2D eigenvalue weighted by molar-refractivity contribution is 6.23. The quantitative estimate of drug-likeness (QED) is 0.556. The number of amides is 3. The number of methoxy groups -OCH3 is 1. The first-order chi connectivity index (χ1) is 12.4. The van der Waals surface area contributed by atoms with Gasteiger partial charge in [-0.3, -0.25) is 14.6 Å². The molecule has 9 nitrogen and oxygen atoms in total. The largest absolute Gasteiger partial charge is 0.421 e. The number of rotatable bonds is 5. The van der Waals surface area contributed by atoms with Gasteiger partial charge in [-0.2, -0.15) is 0 Å². The normalized spacial score (nSPS) is 20.0. The van der Waals surface area contributed by atoms with Crippen molar-refractivity contribution >= 4 is 23.7 Å². The molecule has 3 rings (SSSR count). The summed E-state index contributed by atoms with van der Waals surface area (Å²) in [5.74, 6) is 0.595. The Morgan fingerprint density at radius 2 is 2.12 bits per heavy atom. The van der Waals surface area contributed by atoms with Gasteiger partial charge in [-0.15, -0.1) is 9.78 Å². The van der Waals surface area contributed by atoms with Crippen LogP contribution >= 0.6 is 0 Å². The van der Waals surface area contributed by atoms with Gasteiger partial charge in [0.05, 0.1) is 25.4 Å². The predicted octanol–water partition coefficient (Wildman–Crippen LogP) is 0.224. The molecule has 0 bridgehead atoms. The van der Waals surface area contributed by atoms with Crippen LogP contribution in [0.2, 0.25) is 0 Å². The van der Waals surface area contributed by atoms with E-state index >= 15 is 0 Å². The van der Waals surface area contributed by atoms with Gasteiger partial charge in [-0.1, -0.05) is 17.6 Å². The van der Waals surface area contributed by atoms with Crippen molar-refractivity contribution in [3.05, 3.63) is 30.1 Å². The first-order valence-corrected chi connectivity index (χ1v) is 8.35. The molecule has 0 spiro atoms. The van der Waals surface area contributed by atoms with Crippen LogP contribution in [0.4, 0.5) is 4.79 Å². The van der Waals surface area contributed by atoms with Crippen LogP contribution in [0.3, 0.4) is 0 Å². The maximum Gasteiger partial charge on any atom is 0.421 e. The Labute approximate surface area is 151 Å². The molecule has 1 unspecified atom stereocenters. The van der Waals surface area contributed by atoms with Crippen molar-refractivity contribution in [2.45, 2.75) is 19.9 Å². The molecule has 2 aliphatic heterocycles. The molecule has 2 aliphatic rings. The highest BCUT2D eigenvalue weighted by Crippen LogP contribution is 2.21. The third-order valence-corrected chi connectivity index (χ3v) is 4.43. The lowest BCUT2D eigenvalue weighted by Gasteiger charge is -2.33. The number of aryl methyl sites for hydroxylation is 2. The Hall–Kier alpha value is -2.81. The molecule has 1 saturated heterocycles. The summed E-state index contributed by atoms with van der Waals surface area (Å²) in [4.78, 5) is 32.8. The van der Waals surface area contributed by atoms with Crippen molar-refractivity contribution in [2.24, 2.45) is 4.99 Å². The topological polar surface area (TPSA) is 83.0 Å². The van der Waals surface area contributed by atoms with E-state index in [9.17, 15) is 9.59 Å². The van der Waals surface area contributed by atoms with Gasteiger partial charge < -0.3 is 4.74 Å². The van der Waals surface area contributed by atoms with Gasteiger partial charge in [0.1, 0.15) is 5.69 Å². The molecule has 9 heteroatoms. The number of hydrogen-bond donors (Lipinski definition) is 0.